The van der Waals surface area contributed by atoms with E-state index in [1.54, 1.807) is 29.5 Å². The minimum absolute atomic E-state index is 0.192. The van der Waals surface area contributed by atoms with E-state index >= 15 is 0 Å². The Balaban J connectivity index is 1.48. The quantitative estimate of drug-likeness (QED) is 0.479. The third-order valence-corrected chi connectivity index (χ3v) is 6.43. The number of benzene rings is 3. The van der Waals surface area contributed by atoms with Crippen LogP contribution in [0.15, 0.2) is 54.7 Å². The summed E-state index contributed by atoms with van der Waals surface area (Å²) in [5.74, 6) is -0.715. The van der Waals surface area contributed by atoms with Crippen molar-refractivity contribution in [3.8, 4) is 11.1 Å². The highest BCUT2D eigenvalue weighted by atomic mass is 19.1. The van der Waals surface area contributed by atoms with Crippen molar-refractivity contribution >= 4 is 16.8 Å². The molecule has 33 heavy (non-hydrogen) atoms. The molecule has 0 radical (unpaired) electrons. The summed E-state index contributed by atoms with van der Waals surface area (Å²) in [7, 11) is 1.88. The van der Waals surface area contributed by atoms with Gasteiger partial charge in [0.1, 0.15) is 5.82 Å². The van der Waals surface area contributed by atoms with E-state index in [1.165, 1.54) is 6.07 Å². The molecule has 6 heteroatoms. The van der Waals surface area contributed by atoms with Crippen LogP contribution >= 0.6 is 0 Å². The molecule has 1 N–H and O–H groups in total. The number of hydrogen-bond donors (Lipinski definition) is 1. The van der Waals surface area contributed by atoms with Gasteiger partial charge in [-0.2, -0.15) is 5.10 Å². The molecular formula is C27H26FN3O2. The molecular weight excluding hydrogens is 417 g/mol. The molecule has 168 valence electrons. The summed E-state index contributed by atoms with van der Waals surface area (Å²) in [6.07, 6.45) is 1.97. The average Bonchev–Trinajstić information content (AvgIpc) is 3.28. The van der Waals surface area contributed by atoms with Crippen molar-refractivity contribution < 1.29 is 14.3 Å². The lowest BCUT2D eigenvalue weighted by Gasteiger charge is -2.20. The molecule has 4 aromatic rings. The van der Waals surface area contributed by atoms with E-state index in [2.05, 4.69) is 11.2 Å². The molecule has 1 aliphatic rings. The topological polar surface area (TPSA) is 58.4 Å². The maximum atomic E-state index is 14.1. The number of aromatic nitrogens is 2. The summed E-state index contributed by atoms with van der Waals surface area (Å²) in [6.45, 7) is 6.40. The number of amides is 1. The van der Waals surface area contributed by atoms with E-state index in [4.69, 9.17) is 0 Å². The average molecular weight is 444 g/mol. The van der Waals surface area contributed by atoms with Gasteiger partial charge in [0.15, 0.2) is 0 Å². The van der Waals surface area contributed by atoms with Crippen LogP contribution in [0.4, 0.5) is 4.39 Å². The zero-order chi connectivity index (χ0) is 23.5. The van der Waals surface area contributed by atoms with Crippen molar-refractivity contribution in [2.45, 2.75) is 39.5 Å². The van der Waals surface area contributed by atoms with E-state index in [1.807, 2.05) is 50.5 Å². The van der Waals surface area contributed by atoms with Gasteiger partial charge in [-0.1, -0.05) is 42.5 Å². The molecule has 5 nitrogen and oxygen atoms in total. The molecule has 0 fully saturated rings. The summed E-state index contributed by atoms with van der Waals surface area (Å²) >= 11 is 0. The number of halogens is 1. The number of hydrogen-bond acceptors (Lipinski definition) is 3. The van der Waals surface area contributed by atoms with E-state index < -0.39 is 11.4 Å². The van der Waals surface area contributed by atoms with E-state index in [-0.39, 0.29) is 11.5 Å². The molecule has 0 bridgehead atoms. The van der Waals surface area contributed by atoms with Crippen molar-refractivity contribution in [3.63, 3.8) is 0 Å². The summed E-state index contributed by atoms with van der Waals surface area (Å²) in [5.41, 5.74) is 5.66. The van der Waals surface area contributed by atoms with Crippen LogP contribution in [-0.2, 0) is 25.7 Å². The second-order valence-corrected chi connectivity index (χ2v) is 9.36. The smallest absolute Gasteiger partial charge is 0.257 e. The van der Waals surface area contributed by atoms with Gasteiger partial charge in [-0.25, -0.2) is 4.39 Å². The second-order valence-electron chi connectivity index (χ2n) is 9.36. The summed E-state index contributed by atoms with van der Waals surface area (Å²) < 4.78 is 15.9. The van der Waals surface area contributed by atoms with Crippen LogP contribution in [-0.4, -0.2) is 25.7 Å². The van der Waals surface area contributed by atoms with Crippen LogP contribution in [0.3, 0.4) is 0 Å². The van der Waals surface area contributed by atoms with Gasteiger partial charge in [-0.05, 0) is 54.7 Å². The van der Waals surface area contributed by atoms with Gasteiger partial charge in [0.2, 0.25) is 0 Å². The van der Waals surface area contributed by atoms with Crippen LogP contribution in [0, 0.1) is 12.7 Å². The fraction of sp³-hybridized carbons (Fsp3) is 0.259. The number of nitrogens with zero attached hydrogens (tertiary/aromatic N) is 3. The normalized spacial score (nSPS) is 13.8. The van der Waals surface area contributed by atoms with Crippen molar-refractivity contribution in [1.29, 1.82) is 0 Å². The highest BCUT2D eigenvalue weighted by Gasteiger charge is 2.30. The zero-order valence-corrected chi connectivity index (χ0v) is 19.2. The lowest BCUT2D eigenvalue weighted by molar-refractivity contribution is 0.0762. The Morgan fingerprint density at radius 2 is 1.94 bits per heavy atom. The molecule has 2 heterocycles. The highest BCUT2D eigenvalue weighted by molar-refractivity contribution is 5.99. The zero-order valence-electron chi connectivity index (χ0n) is 19.2. The molecule has 3 aromatic carbocycles. The SMILES string of the molecule is Cc1cc(-c2ccc(C(C)(C)O)c3nn(C)cc23)ccc1CN1Cc2cccc(F)c2C1=O. The molecule has 1 aromatic heterocycles. The minimum atomic E-state index is -0.996. The standard InChI is InChI=1S/C27H26FN3O2/c1-16-12-17(20-10-11-22(27(2,3)33)25-21(20)15-30(4)29-25)8-9-18(16)13-31-14-19-6-5-7-23(28)24(19)26(31)32/h5-12,15,33H,13-14H2,1-4H3. The number of rotatable bonds is 4. The predicted octanol–water partition coefficient (Wildman–Crippen LogP) is 5.07. The van der Waals surface area contributed by atoms with E-state index in [0.29, 0.717) is 13.1 Å². The van der Waals surface area contributed by atoms with Gasteiger partial charge in [0, 0.05) is 37.3 Å². The minimum Gasteiger partial charge on any atom is -0.386 e. The first-order valence-electron chi connectivity index (χ1n) is 11.0. The maximum Gasteiger partial charge on any atom is 0.257 e. The lowest BCUT2D eigenvalue weighted by atomic mass is 9.91. The van der Waals surface area contributed by atoms with Gasteiger partial charge in [0.25, 0.3) is 5.91 Å². The van der Waals surface area contributed by atoms with E-state index in [9.17, 15) is 14.3 Å². The number of carbonyl (C=O) groups is 1. The molecule has 0 aliphatic carbocycles. The second kappa shape index (κ2) is 7.52. The number of aryl methyl sites for hydroxylation is 2. The van der Waals surface area contributed by atoms with Gasteiger partial charge in [-0.15, -0.1) is 0 Å². The van der Waals surface area contributed by atoms with Crippen molar-refractivity contribution in [2.75, 3.05) is 0 Å². The van der Waals surface area contributed by atoms with Crippen LogP contribution in [0.25, 0.3) is 22.0 Å². The lowest BCUT2D eigenvalue weighted by Crippen LogP contribution is -2.24. The largest absolute Gasteiger partial charge is 0.386 e. The Kier molecular flexibility index (Phi) is 4.87. The molecule has 1 aliphatic heterocycles. The van der Waals surface area contributed by atoms with Crippen molar-refractivity contribution in [2.24, 2.45) is 7.05 Å². The van der Waals surface area contributed by atoms with Crippen molar-refractivity contribution in [3.05, 3.63) is 88.4 Å². The predicted molar refractivity (Wildman–Crippen MR) is 126 cm³/mol. The first-order chi connectivity index (χ1) is 15.6. The molecule has 0 atom stereocenters. The summed E-state index contributed by atoms with van der Waals surface area (Å²) in [4.78, 5) is 14.4. The van der Waals surface area contributed by atoms with Crippen LogP contribution in [0.5, 0.6) is 0 Å². The van der Waals surface area contributed by atoms with Gasteiger partial charge >= 0.3 is 0 Å². The van der Waals surface area contributed by atoms with E-state index in [0.717, 1.165) is 44.3 Å². The molecule has 1 amide bonds. The Morgan fingerprint density at radius 1 is 1.15 bits per heavy atom. The number of carbonyl (C=O) groups excluding carboxylic acids is 1. The Morgan fingerprint density at radius 3 is 2.64 bits per heavy atom. The highest BCUT2D eigenvalue weighted by Crippen LogP contribution is 2.35. The van der Waals surface area contributed by atoms with Crippen molar-refractivity contribution in [1.82, 2.24) is 14.7 Å². The monoisotopic (exact) mass is 443 g/mol. The first-order valence-corrected chi connectivity index (χ1v) is 11.0. The molecule has 0 saturated carbocycles. The first kappa shape index (κ1) is 21.3. The van der Waals surface area contributed by atoms with Crippen LogP contribution in [0.2, 0.25) is 0 Å². The summed E-state index contributed by atoms with van der Waals surface area (Å²) in [5, 5.41) is 16.1. The summed E-state index contributed by atoms with van der Waals surface area (Å²) in [6, 6.07) is 14.9. The Bertz CT molecular complexity index is 1420. The van der Waals surface area contributed by atoms with Gasteiger partial charge in [0.05, 0.1) is 16.7 Å². The van der Waals surface area contributed by atoms with Crippen LogP contribution in [0.1, 0.15) is 46.5 Å². The van der Waals surface area contributed by atoms with Gasteiger partial charge in [-0.3, -0.25) is 9.48 Å². The van der Waals surface area contributed by atoms with Crippen LogP contribution < -0.4 is 0 Å². The molecule has 0 unspecified atom stereocenters. The molecule has 0 spiro atoms. The maximum absolute atomic E-state index is 14.1. The van der Waals surface area contributed by atoms with Gasteiger partial charge < -0.3 is 10.0 Å². The third kappa shape index (κ3) is 3.60. The Hall–Kier alpha value is -3.51. The number of aliphatic hydroxyl groups is 1. The fourth-order valence-corrected chi connectivity index (χ4v) is 4.72. The third-order valence-electron chi connectivity index (χ3n) is 6.43. The number of fused-ring (bicyclic) bond motifs is 2. The fourth-order valence-electron chi connectivity index (χ4n) is 4.72. The molecule has 0 saturated heterocycles. The Labute approximate surface area is 192 Å². The molecule has 5 rings (SSSR count).